The summed E-state index contributed by atoms with van der Waals surface area (Å²) in [6.45, 7) is 2.93. The number of nitrogens with zero attached hydrogens (tertiary/aromatic N) is 3. The summed E-state index contributed by atoms with van der Waals surface area (Å²) in [5.74, 6) is 0. The fourth-order valence-corrected chi connectivity index (χ4v) is 2.21. The van der Waals surface area contributed by atoms with Crippen molar-refractivity contribution < 1.29 is 0 Å². The van der Waals surface area contributed by atoms with E-state index in [4.69, 9.17) is 0 Å². The molecule has 0 aliphatic heterocycles. The second-order valence-corrected chi connectivity index (χ2v) is 4.34. The molecule has 3 rings (SSSR count). The molecule has 0 fully saturated rings. The van der Waals surface area contributed by atoms with Crippen molar-refractivity contribution in [1.82, 2.24) is 25.7 Å². The molecule has 0 amide bonds. The van der Waals surface area contributed by atoms with Crippen LogP contribution in [0.1, 0.15) is 24.2 Å². The van der Waals surface area contributed by atoms with Gasteiger partial charge in [-0.2, -0.15) is 15.4 Å². The zero-order valence-corrected chi connectivity index (χ0v) is 10.7. The quantitative estimate of drug-likeness (QED) is 0.747. The van der Waals surface area contributed by atoms with Crippen LogP contribution in [-0.2, 0) is 0 Å². The van der Waals surface area contributed by atoms with E-state index in [1.54, 1.807) is 6.20 Å². The average Bonchev–Trinajstić information content (AvgIpc) is 2.98. The molecule has 1 unspecified atom stereocenters. The van der Waals surface area contributed by atoms with Crippen molar-refractivity contribution in [2.45, 2.75) is 13.0 Å². The van der Waals surface area contributed by atoms with Crippen LogP contribution in [-0.4, -0.2) is 26.9 Å². The normalized spacial score (nSPS) is 12.7. The number of aromatic amines is 1. The van der Waals surface area contributed by atoms with E-state index >= 15 is 0 Å². The highest BCUT2D eigenvalue weighted by molar-refractivity contribution is 5.79. The lowest BCUT2D eigenvalue weighted by Crippen LogP contribution is -2.22. The van der Waals surface area contributed by atoms with Crippen LogP contribution >= 0.6 is 0 Å². The number of rotatable bonds is 4. The van der Waals surface area contributed by atoms with Gasteiger partial charge in [-0.05, 0) is 24.2 Å². The molecule has 5 heteroatoms. The number of hydrogen-bond acceptors (Lipinski definition) is 4. The summed E-state index contributed by atoms with van der Waals surface area (Å²) in [6, 6.07) is 10.3. The summed E-state index contributed by atoms with van der Waals surface area (Å²) >= 11 is 0. The average molecular weight is 253 g/mol. The van der Waals surface area contributed by atoms with E-state index in [0.29, 0.717) is 0 Å². The van der Waals surface area contributed by atoms with Gasteiger partial charge in [0.2, 0.25) is 0 Å². The van der Waals surface area contributed by atoms with E-state index < -0.39 is 0 Å². The highest BCUT2D eigenvalue weighted by atomic mass is 15.3. The molecular weight excluding hydrogens is 238 g/mol. The standard InChI is InChI=1S/C14H15N5/c1-2-15-14(13-9-17-19-18-13)11-6-5-10-4-3-7-16-12(10)8-11/h3-9,14-15H,2H2,1H3,(H,17,18,19). The summed E-state index contributed by atoms with van der Waals surface area (Å²) in [6.07, 6.45) is 3.56. The van der Waals surface area contributed by atoms with Crippen LogP contribution in [0.5, 0.6) is 0 Å². The maximum atomic E-state index is 4.39. The van der Waals surface area contributed by atoms with Crippen molar-refractivity contribution in [1.29, 1.82) is 0 Å². The molecule has 0 bridgehead atoms. The molecular formula is C14H15N5. The predicted octanol–water partition coefficient (Wildman–Crippen LogP) is 2.05. The van der Waals surface area contributed by atoms with Crippen molar-refractivity contribution >= 4 is 10.9 Å². The van der Waals surface area contributed by atoms with Crippen LogP contribution < -0.4 is 5.32 Å². The molecule has 0 aliphatic carbocycles. The maximum absolute atomic E-state index is 4.39. The number of H-pyrrole nitrogens is 1. The van der Waals surface area contributed by atoms with Crippen LogP contribution in [0.15, 0.2) is 42.7 Å². The second-order valence-electron chi connectivity index (χ2n) is 4.34. The van der Waals surface area contributed by atoms with Gasteiger partial charge < -0.3 is 5.32 Å². The Bertz CT molecular complexity index is 662. The van der Waals surface area contributed by atoms with E-state index in [9.17, 15) is 0 Å². The first kappa shape index (κ1) is 11.8. The Hall–Kier alpha value is -2.27. The Kier molecular flexibility index (Phi) is 3.20. The minimum Gasteiger partial charge on any atom is -0.305 e. The zero-order chi connectivity index (χ0) is 13.1. The summed E-state index contributed by atoms with van der Waals surface area (Å²) in [4.78, 5) is 4.39. The van der Waals surface area contributed by atoms with E-state index in [1.807, 2.05) is 12.3 Å². The van der Waals surface area contributed by atoms with Gasteiger partial charge in [-0.15, -0.1) is 0 Å². The Morgan fingerprint density at radius 2 is 2.26 bits per heavy atom. The van der Waals surface area contributed by atoms with Gasteiger partial charge in [0, 0.05) is 11.6 Å². The lowest BCUT2D eigenvalue weighted by Gasteiger charge is -2.16. The third-order valence-electron chi connectivity index (χ3n) is 3.10. The van der Waals surface area contributed by atoms with Crippen molar-refractivity contribution in [2.24, 2.45) is 0 Å². The molecule has 3 aromatic rings. The minimum absolute atomic E-state index is 0.0372. The second kappa shape index (κ2) is 5.16. The van der Waals surface area contributed by atoms with Gasteiger partial charge in [-0.3, -0.25) is 4.98 Å². The Labute approximate surface area is 111 Å². The highest BCUT2D eigenvalue weighted by Gasteiger charge is 2.15. The molecule has 0 saturated heterocycles. The minimum atomic E-state index is 0.0372. The van der Waals surface area contributed by atoms with Crippen molar-refractivity contribution in [3.8, 4) is 0 Å². The smallest absolute Gasteiger partial charge is 0.104 e. The molecule has 19 heavy (non-hydrogen) atoms. The molecule has 2 heterocycles. The monoisotopic (exact) mass is 253 g/mol. The van der Waals surface area contributed by atoms with Crippen molar-refractivity contribution in [3.05, 3.63) is 54.0 Å². The number of fused-ring (bicyclic) bond motifs is 1. The number of aromatic nitrogens is 4. The molecule has 2 N–H and O–H groups in total. The van der Waals surface area contributed by atoms with Gasteiger partial charge in [0.25, 0.3) is 0 Å². The van der Waals surface area contributed by atoms with Crippen LogP contribution in [0.3, 0.4) is 0 Å². The van der Waals surface area contributed by atoms with Gasteiger partial charge in [0.1, 0.15) is 5.69 Å². The van der Waals surface area contributed by atoms with E-state index in [0.717, 1.165) is 28.7 Å². The van der Waals surface area contributed by atoms with Crippen LogP contribution in [0.25, 0.3) is 10.9 Å². The summed E-state index contributed by atoms with van der Waals surface area (Å²) in [5, 5.41) is 15.3. The predicted molar refractivity (Wildman–Crippen MR) is 73.6 cm³/mol. The third kappa shape index (κ3) is 2.32. The Morgan fingerprint density at radius 3 is 3.05 bits per heavy atom. The largest absolute Gasteiger partial charge is 0.305 e. The SMILES string of the molecule is CCNC(c1ccc2cccnc2c1)c1cn[nH]n1. The number of nitrogens with one attached hydrogen (secondary N) is 2. The molecule has 2 aromatic heterocycles. The first-order valence-electron chi connectivity index (χ1n) is 6.32. The molecule has 1 aromatic carbocycles. The Morgan fingerprint density at radius 1 is 1.32 bits per heavy atom. The lowest BCUT2D eigenvalue weighted by molar-refractivity contribution is 0.614. The van der Waals surface area contributed by atoms with E-state index in [-0.39, 0.29) is 6.04 Å². The van der Waals surface area contributed by atoms with Crippen LogP contribution in [0, 0.1) is 0 Å². The maximum Gasteiger partial charge on any atom is 0.104 e. The summed E-state index contributed by atoms with van der Waals surface area (Å²) in [5.41, 5.74) is 3.02. The molecule has 1 atom stereocenters. The first-order valence-corrected chi connectivity index (χ1v) is 6.32. The van der Waals surface area contributed by atoms with E-state index in [2.05, 4.69) is 56.9 Å². The van der Waals surface area contributed by atoms with Gasteiger partial charge in [-0.25, -0.2) is 0 Å². The molecule has 96 valence electrons. The third-order valence-corrected chi connectivity index (χ3v) is 3.10. The van der Waals surface area contributed by atoms with Gasteiger partial charge >= 0.3 is 0 Å². The highest BCUT2D eigenvalue weighted by Crippen LogP contribution is 2.22. The molecule has 5 nitrogen and oxygen atoms in total. The topological polar surface area (TPSA) is 66.5 Å². The lowest BCUT2D eigenvalue weighted by atomic mass is 10.0. The molecule has 0 saturated carbocycles. The molecule has 0 radical (unpaired) electrons. The summed E-state index contributed by atoms with van der Waals surface area (Å²) < 4.78 is 0. The fraction of sp³-hybridized carbons (Fsp3) is 0.214. The van der Waals surface area contributed by atoms with Crippen LogP contribution in [0.4, 0.5) is 0 Å². The first-order chi connectivity index (χ1) is 9.38. The number of hydrogen-bond donors (Lipinski definition) is 2. The zero-order valence-electron chi connectivity index (χ0n) is 10.7. The fourth-order valence-electron chi connectivity index (χ4n) is 2.21. The summed E-state index contributed by atoms with van der Waals surface area (Å²) in [7, 11) is 0. The van der Waals surface area contributed by atoms with Crippen molar-refractivity contribution in [3.63, 3.8) is 0 Å². The number of pyridine rings is 1. The van der Waals surface area contributed by atoms with Crippen LogP contribution in [0.2, 0.25) is 0 Å². The number of benzene rings is 1. The van der Waals surface area contributed by atoms with E-state index in [1.165, 1.54) is 0 Å². The van der Waals surface area contributed by atoms with Crippen molar-refractivity contribution in [2.75, 3.05) is 6.54 Å². The molecule has 0 aliphatic rings. The van der Waals surface area contributed by atoms with Gasteiger partial charge in [0.15, 0.2) is 0 Å². The van der Waals surface area contributed by atoms with Gasteiger partial charge in [-0.1, -0.05) is 25.1 Å². The molecule has 0 spiro atoms. The van der Waals surface area contributed by atoms with Gasteiger partial charge in [0.05, 0.1) is 17.8 Å². The Balaban J connectivity index is 2.05.